The summed E-state index contributed by atoms with van der Waals surface area (Å²) in [6.07, 6.45) is 1.69. The first kappa shape index (κ1) is 19.1. The topological polar surface area (TPSA) is 101 Å². The maximum atomic E-state index is 12.5. The predicted molar refractivity (Wildman–Crippen MR) is 97.2 cm³/mol. The Hall–Kier alpha value is -2.71. The van der Waals surface area contributed by atoms with Crippen molar-refractivity contribution in [2.75, 3.05) is 19.7 Å². The fourth-order valence-corrected chi connectivity index (χ4v) is 4.35. The third kappa shape index (κ3) is 4.17. The molecule has 7 nitrogen and oxygen atoms in total. The molecular weight excluding hydrogens is 370 g/mol. The summed E-state index contributed by atoms with van der Waals surface area (Å²) in [6, 6.07) is 11.4. The first-order valence-electron chi connectivity index (χ1n) is 8.48. The van der Waals surface area contributed by atoms with Crippen LogP contribution in [0.3, 0.4) is 0 Å². The summed E-state index contributed by atoms with van der Waals surface area (Å²) in [5.74, 6) is -1.51. The fraction of sp³-hybridized carbons (Fsp3) is 0.263. The number of carbonyl (C=O) groups excluding carboxylic acids is 2. The lowest BCUT2D eigenvalue weighted by molar-refractivity contribution is 0.0472. The van der Waals surface area contributed by atoms with Gasteiger partial charge in [0.15, 0.2) is 12.4 Å². The molecule has 27 heavy (non-hydrogen) atoms. The van der Waals surface area contributed by atoms with Gasteiger partial charge in [0.1, 0.15) is 11.3 Å². The van der Waals surface area contributed by atoms with Crippen LogP contribution in [-0.4, -0.2) is 49.3 Å². The molecule has 1 aliphatic rings. The predicted octanol–water partition coefficient (Wildman–Crippen LogP) is 2.22. The number of Topliss-reactive ketones (excluding diaryl/α,β-unsaturated/α-hetero) is 1. The zero-order valence-electron chi connectivity index (χ0n) is 14.5. The molecule has 0 aliphatic carbocycles. The summed E-state index contributed by atoms with van der Waals surface area (Å²) >= 11 is 0. The van der Waals surface area contributed by atoms with Crippen molar-refractivity contribution in [1.29, 1.82) is 0 Å². The van der Waals surface area contributed by atoms with E-state index < -0.39 is 28.4 Å². The second kappa shape index (κ2) is 7.89. The monoisotopic (exact) mass is 389 g/mol. The van der Waals surface area contributed by atoms with E-state index in [1.165, 1.54) is 40.7 Å². The molecule has 1 aliphatic heterocycles. The summed E-state index contributed by atoms with van der Waals surface area (Å²) in [5.41, 5.74) is 0.206. The zero-order chi connectivity index (χ0) is 19.4. The Balaban J connectivity index is 1.64. The molecule has 142 valence electrons. The summed E-state index contributed by atoms with van der Waals surface area (Å²) in [6.45, 7) is 0.502. The van der Waals surface area contributed by atoms with Crippen molar-refractivity contribution < 1.29 is 27.9 Å². The van der Waals surface area contributed by atoms with Gasteiger partial charge in [-0.2, -0.15) is 4.31 Å². The second-order valence-electron chi connectivity index (χ2n) is 6.15. The number of para-hydroxylation sites is 1. The highest BCUT2D eigenvalue weighted by Gasteiger charge is 2.27. The van der Waals surface area contributed by atoms with E-state index in [1.807, 2.05) is 0 Å². The van der Waals surface area contributed by atoms with E-state index >= 15 is 0 Å². The molecule has 1 heterocycles. The van der Waals surface area contributed by atoms with E-state index in [9.17, 15) is 23.1 Å². The smallest absolute Gasteiger partial charge is 0.342 e. The maximum absolute atomic E-state index is 12.5. The highest BCUT2D eigenvalue weighted by molar-refractivity contribution is 7.89. The second-order valence-corrected chi connectivity index (χ2v) is 8.09. The van der Waals surface area contributed by atoms with Crippen LogP contribution in [0.5, 0.6) is 5.75 Å². The van der Waals surface area contributed by atoms with Crippen molar-refractivity contribution in [3.8, 4) is 5.75 Å². The quantitative estimate of drug-likeness (QED) is 0.600. The normalized spacial score (nSPS) is 14.8. The lowest BCUT2D eigenvalue weighted by Gasteiger charge is -2.15. The third-order valence-corrected chi connectivity index (χ3v) is 6.25. The van der Waals surface area contributed by atoms with Crippen molar-refractivity contribution in [2.24, 2.45) is 0 Å². The Morgan fingerprint density at radius 2 is 1.63 bits per heavy atom. The van der Waals surface area contributed by atoms with Crippen LogP contribution in [0.1, 0.15) is 33.6 Å². The molecule has 3 rings (SSSR count). The molecule has 0 unspecified atom stereocenters. The molecule has 1 saturated heterocycles. The van der Waals surface area contributed by atoms with Crippen LogP contribution in [0.25, 0.3) is 0 Å². The first-order chi connectivity index (χ1) is 12.9. The van der Waals surface area contributed by atoms with Gasteiger partial charge in [0.2, 0.25) is 10.0 Å². The number of aromatic hydroxyl groups is 1. The number of hydrogen-bond acceptors (Lipinski definition) is 6. The van der Waals surface area contributed by atoms with Crippen LogP contribution in [0.15, 0.2) is 53.4 Å². The Kier molecular flexibility index (Phi) is 5.57. The molecule has 2 aromatic rings. The van der Waals surface area contributed by atoms with Crippen LogP contribution in [0.2, 0.25) is 0 Å². The van der Waals surface area contributed by atoms with Crippen molar-refractivity contribution in [3.05, 3.63) is 59.7 Å². The maximum Gasteiger partial charge on any atom is 0.342 e. The molecular formula is C19H19NO6S. The fourth-order valence-electron chi connectivity index (χ4n) is 2.83. The zero-order valence-corrected chi connectivity index (χ0v) is 15.3. The number of sulfonamides is 1. The van der Waals surface area contributed by atoms with Gasteiger partial charge in [0.05, 0.1) is 4.90 Å². The van der Waals surface area contributed by atoms with Crippen molar-refractivity contribution in [2.45, 2.75) is 17.7 Å². The molecule has 0 bridgehead atoms. The largest absolute Gasteiger partial charge is 0.507 e. The molecule has 0 aromatic heterocycles. The third-order valence-electron chi connectivity index (χ3n) is 4.34. The number of nitrogens with zero attached hydrogens (tertiary/aromatic N) is 1. The van der Waals surface area contributed by atoms with E-state index in [-0.39, 0.29) is 21.8 Å². The number of phenols is 1. The molecule has 1 fully saturated rings. The molecule has 8 heteroatoms. The van der Waals surface area contributed by atoms with Gasteiger partial charge in [-0.15, -0.1) is 0 Å². The highest BCUT2D eigenvalue weighted by atomic mass is 32.2. The molecule has 0 spiro atoms. The SMILES string of the molecule is O=C(COC(=O)c1ccccc1O)c1ccc(S(=O)(=O)N2CCCC2)cc1. The van der Waals surface area contributed by atoms with E-state index in [0.29, 0.717) is 13.1 Å². The Morgan fingerprint density at radius 3 is 2.26 bits per heavy atom. The van der Waals surface area contributed by atoms with E-state index in [1.54, 1.807) is 12.1 Å². The number of rotatable bonds is 6. The summed E-state index contributed by atoms with van der Waals surface area (Å²) in [5, 5.41) is 9.61. The average molecular weight is 389 g/mol. The molecule has 0 atom stereocenters. The number of hydrogen-bond donors (Lipinski definition) is 1. The van der Waals surface area contributed by atoms with Gasteiger partial charge >= 0.3 is 5.97 Å². The molecule has 1 N–H and O–H groups in total. The van der Waals surface area contributed by atoms with Crippen LogP contribution in [-0.2, 0) is 14.8 Å². The van der Waals surface area contributed by atoms with Gasteiger partial charge in [-0.3, -0.25) is 4.79 Å². The summed E-state index contributed by atoms with van der Waals surface area (Å²) in [4.78, 5) is 24.2. The molecule has 2 aromatic carbocycles. The van der Waals surface area contributed by atoms with E-state index in [2.05, 4.69) is 0 Å². The lowest BCUT2D eigenvalue weighted by atomic mass is 10.1. The van der Waals surface area contributed by atoms with E-state index in [4.69, 9.17) is 4.74 Å². The number of benzene rings is 2. The highest BCUT2D eigenvalue weighted by Crippen LogP contribution is 2.21. The minimum absolute atomic E-state index is 0.0302. The lowest BCUT2D eigenvalue weighted by Crippen LogP contribution is -2.27. The first-order valence-corrected chi connectivity index (χ1v) is 9.92. The molecule has 0 saturated carbocycles. The average Bonchev–Trinajstić information content (AvgIpc) is 3.22. The van der Waals surface area contributed by atoms with Crippen molar-refractivity contribution in [3.63, 3.8) is 0 Å². The van der Waals surface area contributed by atoms with Crippen molar-refractivity contribution >= 4 is 21.8 Å². The number of ketones is 1. The van der Waals surface area contributed by atoms with Crippen LogP contribution in [0.4, 0.5) is 0 Å². The Morgan fingerprint density at radius 1 is 1.00 bits per heavy atom. The van der Waals surface area contributed by atoms with Gasteiger partial charge in [-0.25, -0.2) is 13.2 Å². The number of phenolic OH excluding ortho intramolecular Hbond substituents is 1. The Labute approximate surface area is 157 Å². The van der Waals surface area contributed by atoms with E-state index in [0.717, 1.165) is 12.8 Å². The minimum Gasteiger partial charge on any atom is -0.507 e. The minimum atomic E-state index is -3.54. The standard InChI is InChI=1S/C19H19NO6S/c21-17-6-2-1-5-16(17)19(23)26-13-18(22)14-7-9-15(10-8-14)27(24,25)20-11-3-4-12-20/h1-2,5-10,21H,3-4,11-13H2. The van der Waals surface area contributed by atoms with Crippen LogP contribution >= 0.6 is 0 Å². The molecule has 0 radical (unpaired) electrons. The number of carbonyl (C=O) groups is 2. The van der Waals surface area contributed by atoms with Gasteiger partial charge < -0.3 is 9.84 Å². The molecule has 0 amide bonds. The van der Waals surface area contributed by atoms with Gasteiger partial charge in [0.25, 0.3) is 0 Å². The van der Waals surface area contributed by atoms with Gasteiger partial charge in [-0.05, 0) is 49.2 Å². The van der Waals surface area contributed by atoms with Gasteiger partial charge in [0, 0.05) is 18.7 Å². The number of esters is 1. The summed E-state index contributed by atoms with van der Waals surface area (Å²) in [7, 11) is -3.54. The van der Waals surface area contributed by atoms with Crippen LogP contribution in [0, 0.1) is 0 Å². The van der Waals surface area contributed by atoms with Gasteiger partial charge in [-0.1, -0.05) is 12.1 Å². The Bertz CT molecular complexity index is 946. The van der Waals surface area contributed by atoms with Crippen molar-refractivity contribution in [1.82, 2.24) is 4.31 Å². The summed E-state index contributed by atoms with van der Waals surface area (Å²) < 4.78 is 31.3. The number of ether oxygens (including phenoxy) is 1. The van der Waals surface area contributed by atoms with Crippen LogP contribution < -0.4 is 0 Å².